The number of carbonyl (C=O) groups excluding carboxylic acids is 1. The minimum atomic E-state index is -0.113. The number of amides is 1. The van der Waals surface area contributed by atoms with E-state index < -0.39 is 0 Å². The van der Waals surface area contributed by atoms with Gasteiger partial charge < -0.3 is 5.32 Å². The molecule has 0 fully saturated rings. The van der Waals surface area contributed by atoms with Gasteiger partial charge in [0.05, 0.1) is 24.3 Å². The lowest BCUT2D eigenvalue weighted by atomic mass is 10.1. The number of carbonyl (C=O) groups is 1. The van der Waals surface area contributed by atoms with Crippen molar-refractivity contribution >= 4 is 17.2 Å². The summed E-state index contributed by atoms with van der Waals surface area (Å²) in [4.78, 5) is 19.4. The third-order valence-electron chi connectivity index (χ3n) is 3.73. The van der Waals surface area contributed by atoms with Crippen LogP contribution in [0.5, 0.6) is 0 Å². The summed E-state index contributed by atoms with van der Waals surface area (Å²) in [5.41, 5.74) is 2.40. The predicted molar refractivity (Wildman–Crippen MR) is 96.3 cm³/mol. The summed E-state index contributed by atoms with van der Waals surface area (Å²) in [7, 11) is 1.71. The molecule has 7 nitrogen and oxygen atoms in total. The van der Waals surface area contributed by atoms with Gasteiger partial charge in [0.15, 0.2) is 0 Å². The van der Waals surface area contributed by atoms with Gasteiger partial charge in [-0.3, -0.25) is 4.79 Å². The Morgan fingerprint density at radius 1 is 1.28 bits per heavy atom. The second kappa shape index (κ2) is 7.10. The van der Waals surface area contributed by atoms with E-state index in [0.717, 1.165) is 21.1 Å². The maximum atomic E-state index is 12.3. The Balaban J connectivity index is 1.65. The van der Waals surface area contributed by atoms with Gasteiger partial charge in [-0.15, -0.1) is 21.5 Å². The van der Waals surface area contributed by atoms with E-state index in [4.69, 9.17) is 0 Å². The van der Waals surface area contributed by atoms with E-state index in [1.54, 1.807) is 30.5 Å². The molecule has 2 aromatic heterocycles. The molecule has 3 rings (SSSR count). The van der Waals surface area contributed by atoms with Crippen molar-refractivity contribution in [3.05, 3.63) is 45.4 Å². The summed E-state index contributed by atoms with van der Waals surface area (Å²) >= 11 is 1.66. The summed E-state index contributed by atoms with van der Waals surface area (Å²) in [5, 5.41) is 16.0. The molecular formula is C17H20N6OS. The topological polar surface area (TPSA) is 85.6 Å². The second-order valence-electron chi connectivity index (χ2n) is 6.08. The normalized spacial score (nSPS) is 11.1. The van der Waals surface area contributed by atoms with Gasteiger partial charge in [-0.2, -0.15) is 4.80 Å². The molecule has 0 saturated carbocycles. The van der Waals surface area contributed by atoms with Crippen LogP contribution in [0, 0.1) is 6.92 Å². The van der Waals surface area contributed by atoms with E-state index in [2.05, 4.69) is 39.6 Å². The van der Waals surface area contributed by atoms with Crippen molar-refractivity contribution in [2.24, 2.45) is 7.05 Å². The fourth-order valence-electron chi connectivity index (χ4n) is 2.29. The first kappa shape index (κ1) is 17.2. The second-order valence-corrected chi connectivity index (χ2v) is 7.19. The fraction of sp³-hybridized carbons (Fsp3) is 0.353. The first-order chi connectivity index (χ1) is 11.9. The number of aromatic nitrogens is 5. The van der Waals surface area contributed by atoms with Crippen LogP contribution < -0.4 is 5.32 Å². The maximum Gasteiger partial charge on any atom is 0.251 e. The average Bonchev–Trinajstić information content (AvgIpc) is 3.19. The van der Waals surface area contributed by atoms with Crippen LogP contribution in [-0.4, -0.2) is 31.1 Å². The third kappa shape index (κ3) is 3.90. The highest BCUT2D eigenvalue weighted by molar-refractivity contribution is 7.11. The van der Waals surface area contributed by atoms with Gasteiger partial charge in [0, 0.05) is 21.9 Å². The quantitative estimate of drug-likeness (QED) is 0.760. The SMILES string of the molecule is Cc1nc(C(C)C)sc1CNC(=O)c1ccc(-c2nnn(C)n2)cc1. The van der Waals surface area contributed by atoms with Crippen molar-refractivity contribution in [2.45, 2.75) is 33.2 Å². The summed E-state index contributed by atoms with van der Waals surface area (Å²) in [6.45, 7) is 6.71. The summed E-state index contributed by atoms with van der Waals surface area (Å²) in [6, 6.07) is 7.17. The molecule has 8 heteroatoms. The molecule has 2 heterocycles. The highest BCUT2D eigenvalue weighted by Gasteiger charge is 2.12. The van der Waals surface area contributed by atoms with Gasteiger partial charge >= 0.3 is 0 Å². The molecule has 0 bridgehead atoms. The lowest BCUT2D eigenvalue weighted by Gasteiger charge is -2.05. The Kier molecular flexibility index (Phi) is 4.89. The molecule has 1 N–H and O–H groups in total. The van der Waals surface area contributed by atoms with E-state index in [-0.39, 0.29) is 5.91 Å². The van der Waals surface area contributed by atoms with Crippen LogP contribution in [0.1, 0.15) is 45.7 Å². The van der Waals surface area contributed by atoms with Gasteiger partial charge in [-0.25, -0.2) is 4.98 Å². The maximum absolute atomic E-state index is 12.3. The van der Waals surface area contributed by atoms with E-state index in [0.29, 0.717) is 23.9 Å². The van der Waals surface area contributed by atoms with E-state index in [1.165, 1.54) is 4.80 Å². The molecule has 0 aliphatic heterocycles. The lowest BCUT2D eigenvalue weighted by Crippen LogP contribution is -2.22. The fourth-order valence-corrected chi connectivity index (χ4v) is 3.30. The number of benzene rings is 1. The van der Waals surface area contributed by atoms with Crippen molar-refractivity contribution < 1.29 is 4.79 Å². The smallest absolute Gasteiger partial charge is 0.251 e. The van der Waals surface area contributed by atoms with Crippen molar-refractivity contribution in [3.8, 4) is 11.4 Å². The first-order valence-corrected chi connectivity index (χ1v) is 8.84. The molecule has 1 aromatic carbocycles. The van der Waals surface area contributed by atoms with Gasteiger partial charge in [0.25, 0.3) is 5.91 Å². The zero-order chi connectivity index (χ0) is 18.0. The van der Waals surface area contributed by atoms with Crippen molar-refractivity contribution in [1.29, 1.82) is 0 Å². The van der Waals surface area contributed by atoms with E-state index in [1.807, 2.05) is 19.1 Å². The summed E-state index contributed by atoms with van der Waals surface area (Å²) < 4.78 is 0. The van der Waals surface area contributed by atoms with E-state index in [9.17, 15) is 4.79 Å². The molecule has 0 spiro atoms. The Morgan fingerprint density at radius 2 is 2.00 bits per heavy atom. The summed E-state index contributed by atoms with van der Waals surface area (Å²) in [5.74, 6) is 0.823. The van der Waals surface area contributed by atoms with Crippen molar-refractivity contribution in [2.75, 3.05) is 0 Å². The average molecular weight is 356 g/mol. The minimum Gasteiger partial charge on any atom is -0.347 e. The largest absolute Gasteiger partial charge is 0.347 e. The number of hydrogen-bond donors (Lipinski definition) is 1. The molecule has 130 valence electrons. The van der Waals surface area contributed by atoms with Gasteiger partial charge in [0.2, 0.25) is 5.82 Å². The van der Waals surface area contributed by atoms with Crippen molar-refractivity contribution in [1.82, 2.24) is 30.5 Å². The van der Waals surface area contributed by atoms with E-state index >= 15 is 0 Å². The number of hydrogen-bond acceptors (Lipinski definition) is 6. The van der Waals surface area contributed by atoms with Crippen LogP contribution in [0.4, 0.5) is 0 Å². The highest BCUT2D eigenvalue weighted by atomic mass is 32.1. The molecule has 0 aliphatic rings. The summed E-state index contributed by atoms with van der Waals surface area (Å²) in [6.07, 6.45) is 0. The standard InChI is InChI=1S/C17H20N6OS/c1-10(2)17-19-11(3)14(25-17)9-18-16(24)13-7-5-12(6-8-13)15-20-22-23(4)21-15/h5-8,10H,9H2,1-4H3,(H,18,24). The number of aryl methyl sites for hydroxylation is 2. The molecule has 0 atom stereocenters. The molecule has 0 aliphatic carbocycles. The monoisotopic (exact) mass is 356 g/mol. The van der Waals surface area contributed by atoms with Crippen LogP contribution in [0.2, 0.25) is 0 Å². The lowest BCUT2D eigenvalue weighted by molar-refractivity contribution is 0.0951. The Morgan fingerprint density at radius 3 is 2.56 bits per heavy atom. The molecule has 0 radical (unpaired) electrons. The van der Waals surface area contributed by atoms with Gasteiger partial charge in [0.1, 0.15) is 0 Å². The molecule has 25 heavy (non-hydrogen) atoms. The van der Waals surface area contributed by atoms with Crippen LogP contribution in [-0.2, 0) is 13.6 Å². The van der Waals surface area contributed by atoms with Crippen LogP contribution >= 0.6 is 11.3 Å². The van der Waals surface area contributed by atoms with Crippen LogP contribution in [0.25, 0.3) is 11.4 Å². The zero-order valence-corrected chi connectivity index (χ0v) is 15.5. The van der Waals surface area contributed by atoms with Gasteiger partial charge in [-0.05, 0) is 24.3 Å². The Hall–Kier alpha value is -2.61. The number of nitrogens with zero attached hydrogens (tertiary/aromatic N) is 5. The number of rotatable bonds is 5. The van der Waals surface area contributed by atoms with Gasteiger partial charge in [-0.1, -0.05) is 26.0 Å². The van der Waals surface area contributed by atoms with Crippen LogP contribution in [0.15, 0.2) is 24.3 Å². The zero-order valence-electron chi connectivity index (χ0n) is 14.6. The number of tetrazole rings is 1. The molecule has 0 saturated heterocycles. The predicted octanol–water partition coefficient (Wildman–Crippen LogP) is 2.70. The third-order valence-corrected chi connectivity index (χ3v) is 5.18. The van der Waals surface area contributed by atoms with Crippen molar-refractivity contribution in [3.63, 3.8) is 0 Å². The Labute approximate surface area is 150 Å². The molecular weight excluding hydrogens is 336 g/mol. The highest BCUT2D eigenvalue weighted by Crippen LogP contribution is 2.24. The first-order valence-electron chi connectivity index (χ1n) is 8.03. The Bertz CT molecular complexity index is 881. The molecule has 3 aromatic rings. The minimum absolute atomic E-state index is 0.113. The number of thiazole rings is 1. The van der Waals surface area contributed by atoms with Crippen LogP contribution in [0.3, 0.4) is 0 Å². The molecule has 0 unspecified atom stereocenters. The molecule has 1 amide bonds. The number of nitrogens with one attached hydrogen (secondary N) is 1.